The number of benzene rings is 5. The molecule has 0 saturated carbocycles. The first kappa shape index (κ1) is 34.4. The van der Waals surface area contributed by atoms with Crippen LogP contribution < -0.4 is 15.5 Å². The number of nitrogens with zero attached hydrogens (tertiary/aromatic N) is 4. The van der Waals surface area contributed by atoms with Crippen molar-refractivity contribution in [2.75, 3.05) is 4.90 Å². The van der Waals surface area contributed by atoms with Crippen molar-refractivity contribution < 1.29 is 0 Å². The Balaban J connectivity index is 1.07. The summed E-state index contributed by atoms with van der Waals surface area (Å²) in [6.45, 7) is 4.61. The number of hydrogen-bond acceptors (Lipinski definition) is 2. The third-order valence-electron chi connectivity index (χ3n) is 14.5. The van der Waals surface area contributed by atoms with Crippen LogP contribution in [-0.2, 0) is 0 Å². The summed E-state index contributed by atoms with van der Waals surface area (Å²) in [5, 5.41) is 9.45. The maximum atomic E-state index is 2.76. The molecule has 4 heterocycles. The second-order valence-corrected chi connectivity index (χ2v) is 17.7. The van der Waals surface area contributed by atoms with Gasteiger partial charge in [0, 0.05) is 71.8 Å². The number of hydrogen-bond donors (Lipinski definition) is 0. The fraction of sp³-hybridized carbons (Fsp3) is 0.214. The maximum Gasteiger partial charge on any atom is 0.0653 e. The standard InChI is InChI=1S/C56H48N4/c1-35-17-9-11-27-45(35)57(37-19-5-3-6-20-37)47-29-15-31-49-53(47)41-25-13-23-39-43-34-52-44(33-51(43)59(49)55(39)41)40-24-14-26-42-54-48(30-16-32-50(54)60(52)56(40)42)58(38-21-7-4-8-22-38)46-28-12-10-18-36(46)2/h3-7,9,11,13-14,16-21,23-27,30-31,33-34,46,50H,8,10,12,15,22,28-29,32H2,1-2H3. The second kappa shape index (κ2) is 13.0. The molecule has 0 saturated heterocycles. The maximum absolute atomic E-state index is 2.76. The molecule has 2 atom stereocenters. The van der Waals surface area contributed by atoms with E-state index in [0.29, 0.717) is 6.04 Å². The first-order valence-corrected chi connectivity index (χ1v) is 22.3. The van der Waals surface area contributed by atoms with Gasteiger partial charge in [0.1, 0.15) is 0 Å². The van der Waals surface area contributed by atoms with Gasteiger partial charge in [-0.15, -0.1) is 0 Å². The van der Waals surface area contributed by atoms with Gasteiger partial charge >= 0.3 is 0 Å². The lowest BCUT2D eigenvalue weighted by Gasteiger charge is -2.41. The number of fused-ring (bicyclic) bond motifs is 12. The number of para-hydroxylation sites is 4. The van der Waals surface area contributed by atoms with Crippen molar-refractivity contribution >= 4 is 77.7 Å². The molecular formula is C56H48N4. The lowest BCUT2D eigenvalue weighted by Crippen LogP contribution is -2.37. The van der Waals surface area contributed by atoms with E-state index in [4.69, 9.17) is 0 Å². The molecule has 0 spiro atoms. The van der Waals surface area contributed by atoms with Gasteiger partial charge in [-0.25, -0.2) is 0 Å². The van der Waals surface area contributed by atoms with E-state index >= 15 is 0 Å². The number of anilines is 2. The summed E-state index contributed by atoms with van der Waals surface area (Å²) in [7, 11) is 0. The summed E-state index contributed by atoms with van der Waals surface area (Å²) >= 11 is 0. The smallest absolute Gasteiger partial charge is 0.0653 e. The van der Waals surface area contributed by atoms with Crippen LogP contribution in [0.2, 0.25) is 0 Å². The molecule has 3 aromatic heterocycles. The van der Waals surface area contributed by atoms with E-state index in [2.05, 4.69) is 178 Å². The highest BCUT2D eigenvalue weighted by molar-refractivity contribution is 6.22. The van der Waals surface area contributed by atoms with Crippen molar-refractivity contribution in [3.8, 4) is 0 Å². The zero-order valence-electron chi connectivity index (χ0n) is 34.5. The van der Waals surface area contributed by atoms with E-state index in [-0.39, 0.29) is 6.04 Å². The highest BCUT2D eigenvalue weighted by Gasteiger charge is 2.38. The Morgan fingerprint density at radius 2 is 1.48 bits per heavy atom. The first-order chi connectivity index (χ1) is 29.7. The summed E-state index contributed by atoms with van der Waals surface area (Å²) < 4.78 is 5.35. The molecule has 4 aliphatic carbocycles. The Labute approximate surface area is 350 Å². The van der Waals surface area contributed by atoms with Gasteiger partial charge in [-0.1, -0.05) is 109 Å². The third-order valence-corrected chi connectivity index (χ3v) is 14.5. The Kier molecular flexibility index (Phi) is 7.44. The second-order valence-electron chi connectivity index (χ2n) is 17.7. The minimum Gasteiger partial charge on any atom is -0.338 e. The topological polar surface area (TPSA) is 15.8 Å². The minimum absolute atomic E-state index is 0.260. The number of rotatable bonds is 6. The highest BCUT2D eigenvalue weighted by atomic mass is 15.2. The number of aryl methyl sites for hydroxylation is 1. The van der Waals surface area contributed by atoms with Crippen molar-refractivity contribution in [1.82, 2.24) is 13.9 Å². The Hall–Kier alpha value is -6.52. The molecule has 0 amide bonds. The van der Waals surface area contributed by atoms with Gasteiger partial charge in [-0.05, 0) is 113 Å². The Bertz CT molecular complexity index is 3420. The molecule has 0 N–H and O–H groups in total. The van der Waals surface area contributed by atoms with Gasteiger partial charge in [0.25, 0.3) is 0 Å². The number of aromatic nitrogens is 2. The van der Waals surface area contributed by atoms with Crippen LogP contribution in [0.5, 0.6) is 0 Å². The lowest BCUT2D eigenvalue weighted by molar-refractivity contribution is 0.314. The summed E-state index contributed by atoms with van der Waals surface area (Å²) in [5.74, 6) is 0. The minimum atomic E-state index is 0.260. The average molecular weight is 777 g/mol. The van der Waals surface area contributed by atoms with Crippen molar-refractivity contribution in [3.05, 3.63) is 178 Å². The van der Waals surface area contributed by atoms with Crippen molar-refractivity contribution in [3.63, 3.8) is 0 Å². The van der Waals surface area contributed by atoms with Crippen LogP contribution >= 0.6 is 0 Å². The lowest BCUT2D eigenvalue weighted by atomic mass is 9.87. The Morgan fingerprint density at radius 3 is 2.33 bits per heavy atom. The Morgan fingerprint density at radius 1 is 0.683 bits per heavy atom. The molecule has 1 aliphatic heterocycles. The summed E-state index contributed by atoms with van der Waals surface area (Å²) in [6.07, 6.45) is 25.7. The van der Waals surface area contributed by atoms with E-state index in [0.717, 1.165) is 32.1 Å². The molecule has 8 aromatic rings. The molecule has 13 rings (SSSR count). The van der Waals surface area contributed by atoms with Crippen LogP contribution in [0.25, 0.3) is 66.3 Å². The van der Waals surface area contributed by atoms with E-state index in [1.807, 2.05) is 0 Å². The first-order valence-electron chi connectivity index (χ1n) is 22.3. The predicted molar refractivity (Wildman–Crippen MR) is 252 cm³/mol. The monoisotopic (exact) mass is 776 g/mol. The van der Waals surface area contributed by atoms with Crippen LogP contribution in [0.1, 0.15) is 75.5 Å². The average Bonchev–Trinajstić information content (AvgIpc) is 4.02. The van der Waals surface area contributed by atoms with Crippen molar-refractivity contribution in [2.24, 2.45) is 0 Å². The van der Waals surface area contributed by atoms with E-state index in [1.54, 1.807) is 0 Å². The molecule has 60 heavy (non-hydrogen) atoms. The van der Waals surface area contributed by atoms with Gasteiger partial charge in [-0.3, -0.25) is 0 Å². The van der Waals surface area contributed by atoms with Crippen LogP contribution in [0.4, 0.5) is 11.4 Å². The molecule has 0 bridgehead atoms. The van der Waals surface area contributed by atoms with E-state index in [9.17, 15) is 0 Å². The molecule has 4 nitrogen and oxygen atoms in total. The molecule has 292 valence electrons. The van der Waals surface area contributed by atoms with Gasteiger partial charge in [-0.2, -0.15) is 0 Å². The van der Waals surface area contributed by atoms with E-state index in [1.165, 1.54) is 130 Å². The molecule has 0 radical (unpaired) electrons. The quantitative estimate of drug-likeness (QED) is 0.156. The predicted octanol–water partition coefficient (Wildman–Crippen LogP) is 12.9. The molecule has 5 aliphatic rings. The van der Waals surface area contributed by atoms with Crippen molar-refractivity contribution in [1.29, 1.82) is 0 Å². The summed E-state index contributed by atoms with van der Waals surface area (Å²) in [4.78, 5) is 5.30. The normalized spacial score (nSPS) is 19.7. The molecule has 2 unspecified atom stereocenters. The zero-order valence-corrected chi connectivity index (χ0v) is 34.5. The molecule has 0 fully saturated rings. The summed E-state index contributed by atoms with van der Waals surface area (Å²) in [5.41, 5.74) is 17.8. The fourth-order valence-corrected chi connectivity index (χ4v) is 12.0. The van der Waals surface area contributed by atoms with Gasteiger partial charge in [0.05, 0.1) is 39.5 Å². The molecular weight excluding hydrogens is 729 g/mol. The third kappa shape index (κ3) is 4.68. The zero-order chi connectivity index (χ0) is 39.6. The van der Waals surface area contributed by atoms with E-state index < -0.39 is 0 Å². The molecule has 4 heteroatoms. The fourth-order valence-electron chi connectivity index (χ4n) is 12.0. The van der Waals surface area contributed by atoms with Crippen molar-refractivity contribution in [2.45, 2.75) is 77.3 Å². The molecule has 5 aromatic carbocycles. The van der Waals surface area contributed by atoms with Crippen LogP contribution in [-0.4, -0.2) is 19.9 Å². The van der Waals surface area contributed by atoms with Gasteiger partial charge < -0.3 is 18.8 Å². The van der Waals surface area contributed by atoms with Crippen LogP contribution in [0.3, 0.4) is 0 Å². The van der Waals surface area contributed by atoms with Crippen LogP contribution in [0.15, 0.2) is 157 Å². The largest absolute Gasteiger partial charge is 0.338 e. The van der Waals surface area contributed by atoms with Gasteiger partial charge in [0.15, 0.2) is 0 Å². The number of allylic oxidation sites excluding steroid dienone is 8. The highest BCUT2D eigenvalue weighted by Crippen LogP contribution is 2.53. The summed E-state index contributed by atoms with van der Waals surface area (Å²) in [6, 6.07) is 39.7. The SMILES string of the molecule is CC1=CCCCC1N(C1=CC=CCC1)C1=C2c3cccc4c5cc6c(cc5n(c34)C2CC=C1)c1cccc2c3c(n6c21)=CCCC=3N(c1ccccc1)c1ccccc1C. The van der Waals surface area contributed by atoms with Crippen LogP contribution in [0, 0.1) is 6.92 Å². The van der Waals surface area contributed by atoms with Gasteiger partial charge in [0.2, 0.25) is 0 Å².